The van der Waals surface area contributed by atoms with E-state index in [1.807, 2.05) is 0 Å². The first-order chi connectivity index (χ1) is 7.42. The van der Waals surface area contributed by atoms with Gasteiger partial charge in [-0.15, -0.1) is 0 Å². The molecule has 17 heavy (non-hydrogen) atoms. The summed E-state index contributed by atoms with van der Waals surface area (Å²) in [5, 5.41) is 0. The first-order valence-corrected chi connectivity index (χ1v) is 9.07. The number of rotatable bonds is 7. The van der Waals surface area contributed by atoms with E-state index in [9.17, 15) is 16.8 Å². The molecule has 0 aromatic rings. The highest BCUT2D eigenvalue weighted by atomic mass is 32.2. The van der Waals surface area contributed by atoms with Crippen molar-refractivity contribution in [2.45, 2.75) is 26.1 Å². The molecule has 0 aromatic carbocycles. The molecule has 0 aliphatic carbocycles. The predicted octanol–water partition coefficient (Wildman–Crippen LogP) is -0.284. The predicted molar refractivity (Wildman–Crippen MR) is 67.2 cm³/mol. The molecule has 8 heteroatoms. The van der Waals surface area contributed by atoms with Gasteiger partial charge in [-0.05, 0) is 13.8 Å². The van der Waals surface area contributed by atoms with Gasteiger partial charge < -0.3 is 4.74 Å². The number of hydrogen-bond donors (Lipinski definition) is 0. The van der Waals surface area contributed by atoms with E-state index in [-0.39, 0.29) is 18.4 Å². The molecule has 6 nitrogen and oxygen atoms in total. The second-order valence-electron chi connectivity index (χ2n) is 4.44. The topological polar surface area (TPSA) is 80.8 Å². The molecule has 1 atom stereocenters. The van der Waals surface area contributed by atoms with Gasteiger partial charge in [-0.25, -0.2) is 21.1 Å². The summed E-state index contributed by atoms with van der Waals surface area (Å²) < 4.78 is 51.4. The molecular formula is C9H21NO5S2. The molecule has 0 bridgehead atoms. The molecule has 0 heterocycles. The molecule has 0 unspecified atom stereocenters. The Morgan fingerprint density at radius 1 is 1.12 bits per heavy atom. The number of likely N-dealkylation sites (N-methyl/N-ethyl adjacent to an activating group) is 1. The van der Waals surface area contributed by atoms with Gasteiger partial charge in [0, 0.05) is 19.8 Å². The van der Waals surface area contributed by atoms with E-state index in [1.54, 1.807) is 13.8 Å². The van der Waals surface area contributed by atoms with E-state index in [1.165, 1.54) is 7.05 Å². The van der Waals surface area contributed by atoms with Crippen LogP contribution in [-0.2, 0) is 24.6 Å². The fraction of sp³-hybridized carbons (Fsp3) is 1.00. The van der Waals surface area contributed by atoms with Crippen LogP contribution in [-0.4, -0.2) is 65.2 Å². The summed E-state index contributed by atoms with van der Waals surface area (Å²) in [5.41, 5.74) is 0. The van der Waals surface area contributed by atoms with Gasteiger partial charge in [-0.2, -0.15) is 0 Å². The van der Waals surface area contributed by atoms with E-state index in [2.05, 4.69) is 0 Å². The van der Waals surface area contributed by atoms with E-state index < -0.39 is 26.0 Å². The Kier molecular flexibility index (Phi) is 6.06. The summed E-state index contributed by atoms with van der Waals surface area (Å²) in [6.07, 6.45) is 1.36. The molecule has 0 aliphatic heterocycles. The third-order valence-corrected chi connectivity index (χ3v) is 4.24. The number of sulfone groups is 1. The fourth-order valence-electron chi connectivity index (χ4n) is 1.28. The summed E-state index contributed by atoms with van der Waals surface area (Å²) >= 11 is 0. The average molecular weight is 287 g/mol. The van der Waals surface area contributed by atoms with E-state index in [0.29, 0.717) is 0 Å². The lowest BCUT2D eigenvalue weighted by Crippen LogP contribution is -2.39. The van der Waals surface area contributed by atoms with Crippen LogP contribution in [0.25, 0.3) is 0 Å². The Bertz CT molecular complexity index is 426. The minimum atomic E-state index is -3.33. The first kappa shape index (κ1) is 16.8. The van der Waals surface area contributed by atoms with Crippen LogP contribution in [0.2, 0.25) is 0 Å². The van der Waals surface area contributed by atoms with Gasteiger partial charge in [0.15, 0.2) is 0 Å². The Morgan fingerprint density at radius 3 is 1.88 bits per heavy atom. The molecule has 104 valence electrons. The summed E-state index contributed by atoms with van der Waals surface area (Å²) in [5.74, 6) is -0.189. The minimum Gasteiger partial charge on any atom is -0.373 e. The van der Waals surface area contributed by atoms with Crippen molar-refractivity contribution in [1.29, 1.82) is 0 Å². The number of hydrogen-bond acceptors (Lipinski definition) is 5. The SMILES string of the molecule is CC(C)O[C@H](CN(C)S(C)(=O)=O)CS(C)(=O)=O. The minimum absolute atomic E-state index is 0.0318. The highest BCUT2D eigenvalue weighted by molar-refractivity contribution is 7.90. The van der Waals surface area contributed by atoms with Crippen LogP contribution < -0.4 is 0 Å². The molecule has 0 N–H and O–H groups in total. The number of ether oxygens (including phenoxy) is 1. The maximum absolute atomic E-state index is 11.2. The van der Waals surface area contributed by atoms with Gasteiger partial charge in [-0.1, -0.05) is 0 Å². The van der Waals surface area contributed by atoms with Crippen LogP contribution in [0.4, 0.5) is 0 Å². The molecule has 0 spiro atoms. The van der Waals surface area contributed by atoms with Crippen molar-refractivity contribution in [3.63, 3.8) is 0 Å². The molecule has 0 saturated carbocycles. The van der Waals surface area contributed by atoms with Gasteiger partial charge in [0.2, 0.25) is 10.0 Å². The molecular weight excluding hydrogens is 266 g/mol. The van der Waals surface area contributed by atoms with Crippen LogP contribution in [0, 0.1) is 0 Å². The van der Waals surface area contributed by atoms with Crippen LogP contribution in [0.5, 0.6) is 0 Å². The van der Waals surface area contributed by atoms with Crippen molar-refractivity contribution in [1.82, 2.24) is 4.31 Å². The van der Waals surface area contributed by atoms with Gasteiger partial charge in [0.25, 0.3) is 0 Å². The van der Waals surface area contributed by atoms with E-state index >= 15 is 0 Å². The molecule has 0 aromatic heterocycles. The monoisotopic (exact) mass is 287 g/mol. The summed E-state index contributed by atoms with van der Waals surface area (Å²) in [6, 6.07) is 0. The van der Waals surface area contributed by atoms with Gasteiger partial charge in [-0.3, -0.25) is 0 Å². The van der Waals surface area contributed by atoms with Crippen molar-refractivity contribution in [2.75, 3.05) is 31.9 Å². The Morgan fingerprint density at radius 2 is 1.59 bits per heavy atom. The summed E-state index contributed by atoms with van der Waals surface area (Å²) in [4.78, 5) is 0. The lowest BCUT2D eigenvalue weighted by atomic mass is 10.4. The number of nitrogens with zero attached hydrogens (tertiary/aromatic N) is 1. The molecule has 0 rings (SSSR count). The van der Waals surface area contributed by atoms with Gasteiger partial charge in [0.1, 0.15) is 9.84 Å². The van der Waals surface area contributed by atoms with Crippen LogP contribution in [0.3, 0.4) is 0 Å². The maximum atomic E-state index is 11.2. The fourth-order valence-corrected chi connectivity index (χ4v) is 2.58. The Hall–Kier alpha value is -0.180. The van der Waals surface area contributed by atoms with Crippen molar-refractivity contribution in [3.05, 3.63) is 0 Å². The largest absolute Gasteiger partial charge is 0.373 e. The van der Waals surface area contributed by atoms with Crippen molar-refractivity contribution in [3.8, 4) is 0 Å². The summed E-state index contributed by atoms with van der Waals surface area (Å²) in [6.45, 7) is 3.58. The average Bonchev–Trinajstić information content (AvgIpc) is 1.96. The highest BCUT2D eigenvalue weighted by Gasteiger charge is 2.22. The lowest BCUT2D eigenvalue weighted by molar-refractivity contribution is 0.0139. The number of sulfonamides is 1. The Labute approximate surface area is 104 Å². The van der Waals surface area contributed by atoms with E-state index in [4.69, 9.17) is 4.74 Å². The van der Waals surface area contributed by atoms with Crippen molar-refractivity contribution < 1.29 is 21.6 Å². The van der Waals surface area contributed by atoms with Gasteiger partial charge in [0.05, 0.1) is 24.2 Å². The summed E-state index contributed by atoms with van der Waals surface area (Å²) in [7, 11) is -5.14. The van der Waals surface area contributed by atoms with Crippen LogP contribution in [0.1, 0.15) is 13.8 Å². The van der Waals surface area contributed by atoms with Crippen LogP contribution >= 0.6 is 0 Å². The van der Waals surface area contributed by atoms with Crippen molar-refractivity contribution in [2.24, 2.45) is 0 Å². The second kappa shape index (κ2) is 6.12. The maximum Gasteiger partial charge on any atom is 0.211 e. The zero-order valence-electron chi connectivity index (χ0n) is 10.9. The smallest absolute Gasteiger partial charge is 0.211 e. The third kappa shape index (κ3) is 8.53. The molecule has 0 aliphatic rings. The molecule has 0 saturated heterocycles. The van der Waals surface area contributed by atoms with Crippen molar-refractivity contribution >= 4 is 19.9 Å². The van der Waals surface area contributed by atoms with Gasteiger partial charge >= 0.3 is 0 Å². The second-order valence-corrected chi connectivity index (χ2v) is 8.72. The zero-order chi connectivity index (χ0) is 13.9. The quantitative estimate of drug-likeness (QED) is 0.643. The third-order valence-electron chi connectivity index (χ3n) is 1.98. The highest BCUT2D eigenvalue weighted by Crippen LogP contribution is 2.06. The standard InChI is InChI=1S/C9H21NO5S2/c1-8(2)15-9(7-16(4,11)12)6-10(3)17(5,13)14/h8-9H,6-7H2,1-5H3/t9-/m1/s1. The van der Waals surface area contributed by atoms with E-state index in [0.717, 1.165) is 16.8 Å². The first-order valence-electron chi connectivity index (χ1n) is 5.16. The zero-order valence-corrected chi connectivity index (χ0v) is 12.5. The lowest BCUT2D eigenvalue weighted by Gasteiger charge is -2.24. The normalized spacial score (nSPS) is 15.5. The molecule has 0 amide bonds. The molecule has 0 fully saturated rings. The Balaban J connectivity index is 4.72. The molecule has 0 radical (unpaired) electrons. The van der Waals surface area contributed by atoms with Crippen LogP contribution in [0.15, 0.2) is 0 Å².